The third kappa shape index (κ3) is 1.73. The first-order chi connectivity index (χ1) is 8.15. The average molecular weight is 254 g/mol. The number of nitrogens with zero attached hydrogens (tertiary/aromatic N) is 4. The van der Waals surface area contributed by atoms with Crippen LogP contribution in [0.3, 0.4) is 0 Å². The molecule has 0 spiro atoms. The maximum absolute atomic E-state index is 11.9. The maximum Gasteiger partial charge on any atom is 0.328 e. The molecule has 17 heavy (non-hydrogen) atoms. The van der Waals surface area contributed by atoms with Crippen molar-refractivity contribution in [3.05, 3.63) is 22.0 Å². The van der Waals surface area contributed by atoms with Crippen LogP contribution in [0, 0.1) is 0 Å². The summed E-state index contributed by atoms with van der Waals surface area (Å²) in [6.07, 6.45) is 2.49. The molecule has 0 bridgehead atoms. The normalized spacial score (nSPS) is 21.4. The summed E-state index contributed by atoms with van der Waals surface area (Å²) < 4.78 is 1.69. The fourth-order valence-corrected chi connectivity index (χ4v) is 2.49. The van der Waals surface area contributed by atoms with Crippen molar-refractivity contribution < 1.29 is 0 Å². The van der Waals surface area contributed by atoms with Crippen molar-refractivity contribution in [3.8, 4) is 0 Å². The first kappa shape index (κ1) is 10.7. The zero-order valence-electron chi connectivity index (χ0n) is 9.35. The zero-order valence-corrected chi connectivity index (χ0v) is 10.1. The van der Waals surface area contributed by atoms with Gasteiger partial charge in [0.05, 0.1) is 12.2 Å². The zero-order chi connectivity index (χ0) is 12.0. The monoisotopic (exact) mass is 253 g/mol. The summed E-state index contributed by atoms with van der Waals surface area (Å²) in [7, 11) is 2.04. The smallest absolute Gasteiger partial charge is 0.304 e. The van der Waals surface area contributed by atoms with Crippen LogP contribution in [0.5, 0.6) is 0 Å². The predicted octanol–water partition coefficient (Wildman–Crippen LogP) is 0.650. The molecule has 1 unspecified atom stereocenters. The lowest BCUT2D eigenvalue weighted by Crippen LogP contribution is -2.24. The molecule has 1 aliphatic heterocycles. The molecule has 2 aromatic rings. The van der Waals surface area contributed by atoms with Gasteiger partial charge < -0.3 is 9.88 Å². The van der Waals surface area contributed by atoms with E-state index in [9.17, 15) is 4.79 Å². The second kappa shape index (κ2) is 3.82. The van der Waals surface area contributed by atoms with E-state index < -0.39 is 0 Å². The minimum atomic E-state index is -0.142. The lowest BCUT2D eigenvalue weighted by Gasteiger charge is -2.11. The van der Waals surface area contributed by atoms with Gasteiger partial charge in [0.25, 0.3) is 0 Å². The molecule has 6 nitrogen and oxygen atoms in total. The molecular formula is C10H12ClN5O. The van der Waals surface area contributed by atoms with Gasteiger partial charge in [0.1, 0.15) is 5.52 Å². The van der Waals surface area contributed by atoms with Gasteiger partial charge in [-0.15, -0.1) is 0 Å². The second-order valence-corrected chi connectivity index (χ2v) is 4.72. The van der Waals surface area contributed by atoms with Crippen molar-refractivity contribution in [2.75, 3.05) is 20.1 Å². The van der Waals surface area contributed by atoms with E-state index in [4.69, 9.17) is 11.6 Å². The Balaban J connectivity index is 2.17. The summed E-state index contributed by atoms with van der Waals surface area (Å²) >= 11 is 5.77. The van der Waals surface area contributed by atoms with Crippen LogP contribution in [0.25, 0.3) is 11.2 Å². The van der Waals surface area contributed by atoms with Crippen LogP contribution in [0.1, 0.15) is 12.5 Å². The Bertz CT molecular complexity index is 619. The second-order valence-electron chi connectivity index (χ2n) is 4.38. The Morgan fingerprint density at radius 1 is 1.59 bits per heavy atom. The fraction of sp³-hybridized carbons (Fsp3) is 0.500. The van der Waals surface area contributed by atoms with Gasteiger partial charge >= 0.3 is 5.69 Å². The van der Waals surface area contributed by atoms with E-state index in [1.807, 2.05) is 7.05 Å². The van der Waals surface area contributed by atoms with Gasteiger partial charge in [0, 0.05) is 6.54 Å². The number of hydrogen-bond acceptors (Lipinski definition) is 4. The van der Waals surface area contributed by atoms with Gasteiger partial charge in [0.15, 0.2) is 5.65 Å². The van der Waals surface area contributed by atoms with Crippen molar-refractivity contribution in [1.82, 2.24) is 24.4 Å². The van der Waals surface area contributed by atoms with Crippen LogP contribution in [0.15, 0.2) is 11.0 Å². The summed E-state index contributed by atoms with van der Waals surface area (Å²) in [6.45, 7) is 1.84. The largest absolute Gasteiger partial charge is 0.328 e. The number of rotatable bonds is 1. The van der Waals surface area contributed by atoms with Crippen LogP contribution in [-0.4, -0.2) is 44.6 Å². The summed E-state index contributed by atoms with van der Waals surface area (Å²) in [5.41, 5.74) is 1.08. The summed E-state index contributed by atoms with van der Waals surface area (Å²) in [5, 5.41) is 0.164. The number of fused-ring (bicyclic) bond motifs is 1. The summed E-state index contributed by atoms with van der Waals surface area (Å²) in [6, 6.07) is 0.159. The quantitative estimate of drug-likeness (QED) is 0.758. The van der Waals surface area contributed by atoms with E-state index >= 15 is 0 Å². The molecule has 1 fully saturated rings. The lowest BCUT2D eigenvalue weighted by atomic mass is 10.2. The Morgan fingerprint density at radius 3 is 3.12 bits per heavy atom. The number of aromatic nitrogens is 4. The number of aromatic amines is 1. The maximum atomic E-state index is 11.9. The third-order valence-electron chi connectivity index (χ3n) is 3.16. The minimum Gasteiger partial charge on any atom is -0.304 e. The van der Waals surface area contributed by atoms with Gasteiger partial charge in [-0.25, -0.2) is 9.78 Å². The number of likely N-dealkylation sites (N-methyl/N-ethyl adjacent to an activating group) is 1. The molecule has 2 aromatic heterocycles. The number of hydrogen-bond donors (Lipinski definition) is 1. The number of likely N-dealkylation sites (tertiary alicyclic amines) is 1. The standard InChI is InChI=1S/C10H12ClN5O/c1-15-3-2-6(5-15)16-8-7(13-10(16)17)4-12-9(11)14-8/h4,6H,2-3,5H2,1H3,(H,13,17). The van der Waals surface area contributed by atoms with Crippen molar-refractivity contribution in [2.24, 2.45) is 0 Å². The molecule has 1 aliphatic rings. The molecule has 3 rings (SSSR count). The summed E-state index contributed by atoms with van der Waals surface area (Å²) in [5.74, 6) is 0. The van der Waals surface area contributed by atoms with Crippen molar-refractivity contribution in [2.45, 2.75) is 12.5 Å². The van der Waals surface area contributed by atoms with Gasteiger partial charge in [-0.2, -0.15) is 4.98 Å². The van der Waals surface area contributed by atoms with Crippen molar-refractivity contribution >= 4 is 22.8 Å². The van der Waals surface area contributed by atoms with Crippen LogP contribution in [0.4, 0.5) is 0 Å². The van der Waals surface area contributed by atoms with Crippen molar-refractivity contribution in [1.29, 1.82) is 0 Å². The molecule has 0 saturated carbocycles. The Labute approximate surface area is 102 Å². The average Bonchev–Trinajstić information content (AvgIpc) is 2.81. The summed E-state index contributed by atoms with van der Waals surface area (Å²) in [4.78, 5) is 24.9. The van der Waals surface area contributed by atoms with E-state index in [2.05, 4.69) is 19.9 Å². The van der Waals surface area contributed by atoms with E-state index in [0.717, 1.165) is 19.5 Å². The molecule has 1 N–H and O–H groups in total. The topological polar surface area (TPSA) is 66.8 Å². The highest BCUT2D eigenvalue weighted by Crippen LogP contribution is 2.22. The molecule has 1 saturated heterocycles. The van der Waals surface area contributed by atoms with E-state index in [1.165, 1.54) is 0 Å². The molecule has 1 atom stereocenters. The van der Waals surface area contributed by atoms with Crippen molar-refractivity contribution in [3.63, 3.8) is 0 Å². The first-order valence-corrected chi connectivity index (χ1v) is 5.84. The Kier molecular flexibility index (Phi) is 2.41. The molecule has 0 aliphatic carbocycles. The Morgan fingerprint density at radius 2 is 2.41 bits per heavy atom. The molecule has 90 valence electrons. The number of nitrogens with one attached hydrogen (secondary N) is 1. The van der Waals surface area contributed by atoms with Gasteiger partial charge in [-0.05, 0) is 31.6 Å². The molecule has 7 heteroatoms. The molecular weight excluding hydrogens is 242 g/mol. The highest BCUT2D eigenvalue weighted by molar-refractivity contribution is 6.28. The molecule has 3 heterocycles. The SMILES string of the molecule is CN1CCC(n2c(=O)[nH]c3cnc(Cl)nc32)C1. The van der Waals surface area contributed by atoms with E-state index in [1.54, 1.807) is 10.8 Å². The third-order valence-corrected chi connectivity index (χ3v) is 3.34. The van der Waals surface area contributed by atoms with Crippen LogP contribution in [0.2, 0.25) is 5.28 Å². The predicted molar refractivity (Wildman–Crippen MR) is 64.3 cm³/mol. The lowest BCUT2D eigenvalue weighted by molar-refractivity contribution is 0.392. The highest BCUT2D eigenvalue weighted by atomic mass is 35.5. The molecule has 0 aromatic carbocycles. The van der Waals surface area contributed by atoms with Crippen LogP contribution in [-0.2, 0) is 0 Å². The van der Waals surface area contributed by atoms with Crippen LogP contribution < -0.4 is 5.69 Å². The fourth-order valence-electron chi connectivity index (χ4n) is 2.36. The minimum absolute atomic E-state index is 0.142. The number of imidazole rings is 1. The molecule has 0 amide bonds. The van der Waals surface area contributed by atoms with Crippen LogP contribution >= 0.6 is 11.6 Å². The van der Waals surface area contributed by atoms with E-state index in [-0.39, 0.29) is 17.0 Å². The van der Waals surface area contributed by atoms with Gasteiger partial charge in [-0.1, -0.05) is 0 Å². The highest BCUT2D eigenvalue weighted by Gasteiger charge is 2.25. The Hall–Kier alpha value is -1.40. The van der Waals surface area contributed by atoms with Gasteiger partial charge in [0.2, 0.25) is 5.28 Å². The van der Waals surface area contributed by atoms with Gasteiger partial charge in [-0.3, -0.25) is 4.57 Å². The first-order valence-electron chi connectivity index (χ1n) is 5.46. The molecule has 0 radical (unpaired) electrons. The van der Waals surface area contributed by atoms with E-state index in [0.29, 0.717) is 11.2 Å². The number of halogens is 1. The number of H-pyrrole nitrogens is 1.